The summed E-state index contributed by atoms with van der Waals surface area (Å²) in [5, 5.41) is 6.49. The molecule has 1 fully saturated rings. The number of H-pyrrole nitrogens is 1. The van der Waals surface area contributed by atoms with Crippen LogP contribution in [0, 0.1) is 5.82 Å². The van der Waals surface area contributed by atoms with Gasteiger partial charge in [0, 0.05) is 32.4 Å². The second kappa shape index (κ2) is 7.16. The number of anilines is 1. The highest BCUT2D eigenvalue weighted by Crippen LogP contribution is 2.26. The van der Waals surface area contributed by atoms with Gasteiger partial charge in [0.15, 0.2) is 11.6 Å². The maximum absolute atomic E-state index is 14.7. The first kappa shape index (κ1) is 17.3. The minimum absolute atomic E-state index is 0.00835. The number of piperidine rings is 1. The molecule has 0 spiro atoms. The highest BCUT2D eigenvalue weighted by molar-refractivity contribution is 5.93. The average molecular weight is 346 g/mol. The van der Waals surface area contributed by atoms with Gasteiger partial charge in [-0.25, -0.2) is 14.4 Å². The largest absolute Gasteiger partial charge is 0.352 e. The van der Waals surface area contributed by atoms with Gasteiger partial charge < -0.3 is 9.80 Å². The van der Waals surface area contributed by atoms with Crippen molar-refractivity contribution in [3.8, 4) is 0 Å². The molecule has 1 aliphatic heterocycles. The van der Waals surface area contributed by atoms with Crippen LogP contribution in [0.5, 0.6) is 0 Å². The molecule has 0 aliphatic carbocycles. The Morgan fingerprint density at radius 3 is 2.92 bits per heavy atom. The normalized spacial score (nSPS) is 17.8. The van der Waals surface area contributed by atoms with E-state index in [-0.39, 0.29) is 23.7 Å². The lowest BCUT2D eigenvalue weighted by Gasteiger charge is -2.38. The number of nitrogens with zero attached hydrogens (tertiary/aromatic N) is 5. The second-order valence-electron chi connectivity index (χ2n) is 6.70. The summed E-state index contributed by atoms with van der Waals surface area (Å²) in [4.78, 5) is 24.3. The maximum atomic E-state index is 14.7. The van der Waals surface area contributed by atoms with Gasteiger partial charge in [-0.15, -0.1) is 0 Å². The van der Waals surface area contributed by atoms with Crippen molar-refractivity contribution in [3.05, 3.63) is 35.8 Å². The van der Waals surface area contributed by atoms with Gasteiger partial charge in [-0.2, -0.15) is 5.10 Å². The zero-order valence-electron chi connectivity index (χ0n) is 14.7. The van der Waals surface area contributed by atoms with Gasteiger partial charge in [0.05, 0.1) is 17.5 Å². The smallest absolute Gasteiger partial charge is 0.257 e. The van der Waals surface area contributed by atoms with Crippen LogP contribution in [0.1, 0.15) is 48.7 Å². The fourth-order valence-electron chi connectivity index (χ4n) is 3.20. The Bertz CT molecular complexity index is 733. The molecule has 1 amide bonds. The van der Waals surface area contributed by atoms with E-state index < -0.39 is 0 Å². The molecule has 1 saturated heterocycles. The Balaban J connectivity index is 1.77. The molecule has 7 nitrogen and oxygen atoms in total. The van der Waals surface area contributed by atoms with Gasteiger partial charge in [0.25, 0.3) is 5.91 Å². The number of likely N-dealkylation sites (N-methyl/N-ethyl adjacent to an activating group) is 1. The summed E-state index contributed by atoms with van der Waals surface area (Å²) in [6, 6.07) is 0.00835. The predicted octanol–water partition coefficient (Wildman–Crippen LogP) is 2.20. The molecule has 3 heterocycles. The third-order valence-corrected chi connectivity index (χ3v) is 4.66. The molecule has 0 bridgehead atoms. The van der Waals surface area contributed by atoms with Crippen LogP contribution in [-0.4, -0.2) is 57.2 Å². The van der Waals surface area contributed by atoms with E-state index in [9.17, 15) is 9.18 Å². The van der Waals surface area contributed by atoms with E-state index in [0.29, 0.717) is 30.2 Å². The number of aromatic nitrogens is 4. The number of amides is 1. The first-order valence-electron chi connectivity index (χ1n) is 8.50. The Morgan fingerprint density at radius 1 is 1.44 bits per heavy atom. The van der Waals surface area contributed by atoms with Gasteiger partial charge in [0.2, 0.25) is 0 Å². The predicted molar refractivity (Wildman–Crippen MR) is 92.0 cm³/mol. The third kappa shape index (κ3) is 3.47. The molecule has 1 aliphatic rings. The SMILES string of the molecule is CC(C)c1ncnc(N(C)C2CCCN(C(=O)c3cn[nH]c3)C2)c1F. The highest BCUT2D eigenvalue weighted by Gasteiger charge is 2.29. The minimum atomic E-state index is -0.377. The molecular formula is C17H23FN6O. The molecule has 8 heteroatoms. The van der Waals surface area contributed by atoms with E-state index in [1.165, 1.54) is 12.5 Å². The zero-order valence-corrected chi connectivity index (χ0v) is 14.7. The summed E-state index contributed by atoms with van der Waals surface area (Å²) in [6.45, 7) is 5.03. The van der Waals surface area contributed by atoms with Crippen molar-refractivity contribution in [2.45, 2.75) is 38.6 Å². The van der Waals surface area contributed by atoms with E-state index in [4.69, 9.17) is 0 Å². The van der Waals surface area contributed by atoms with Crippen molar-refractivity contribution in [2.75, 3.05) is 25.0 Å². The van der Waals surface area contributed by atoms with Gasteiger partial charge in [-0.05, 0) is 18.8 Å². The minimum Gasteiger partial charge on any atom is -0.352 e. The number of hydrogen-bond acceptors (Lipinski definition) is 5. The van der Waals surface area contributed by atoms with Crippen molar-refractivity contribution in [2.24, 2.45) is 0 Å². The third-order valence-electron chi connectivity index (χ3n) is 4.66. The summed E-state index contributed by atoms with van der Waals surface area (Å²) in [5.74, 6) is -0.154. The Hall–Kier alpha value is -2.51. The fourth-order valence-corrected chi connectivity index (χ4v) is 3.20. The summed E-state index contributed by atoms with van der Waals surface area (Å²) in [7, 11) is 1.83. The lowest BCUT2D eigenvalue weighted by atomic mass is 10.0. The molecular weight excluding hydrogens is 323 g/mol. The number of halogens is 1. The quantitative estimate of drug-likeness (QED) is 0.918. The van der Waals surface area contributed by atoms with E-state index in [0.717, 1.165) is 12.8 Å². The van der Waals surface area contributed by atoms with E-state index in [2.05, 4.69) is 20.2 Å². The van der Waals surface area contributed by atoms with E-state index in [1.54, 1.807) is 11.1 Å². The first-order chi connectivity index (χ1) is 12.0. The van der Waals surface area contributed by atoms with Crippen LogP contribution >= 0.6 is 0 Å². The number of carbonyl (C=O) groups excluding carboxylic acids is 1. The number of carbonyl (C=O) groups is 1. The van der Waals surface area contributed by atoms with Gasteiger partial charge in [0.1, 0.15) is 6.33 Å². The molecule has 2 aromatic heterocycles. The molecule has 1 unspecified atom stereocenters. The van der Waals surface area contributed by atoms with E-state index >= 15 is 0 Å². The molecule has 1 atom stereocenters. The van der Waals surface area contributed by atoms with Crippen molar-refractivity contribution >= 4 is 11.7 Å². The lowest BCUT2D eigenvalue weighted by molar-refractivity contribution is 0.0707. The summed E-state index contributed by atoms with van der Waals surface area (Å²) in [5.41, 5.74) is 0.956. The van der Waals surface area contributed by atoms with Crippen molar-refractivity contribution in [1.29, 1.82) is 0 Å². The molecule has 1 N–H and O–H groups in total. The van der Waals surface area contributed by atoms with Gasteiger partial charge >= 0.3 is 0 Å². The number of hydrogen-bond donors (Lipinski definition) is 1. The second-order valence-corrected chi connectivity index (χ2v) is 6.70. The number of nitrogens with one attached hydrogen (secondary N) is 1. The Morgan fingerprint density at radius 2 is 2.24 bits per heavy atom. The Labute approximate surface area is 146 Å². The zero-order chi connectivity index (χ0) is 18.0. The topological polar surface area (TPSA) is 78.0 Å². The van der Waals surface area contributed by atoms with Crippen molar-refractivity contribution in [3.63, 3.8) is 0 Å². The fraction of sp³-hybridized carbons (Fsp3) is 0.529. The summed E-state index contributed by atoms with van der Waals surface area (Å²) < 4.78 is 14.7. The van der Waals surface area contributed by atoms with Gasteiger partial charge in [-0.3, -0.25) is 9.89 Å². The molecule has 0 saturated carbocycles. The van der Waals surface area contributed by atoms with Crippen LogP contribution in [0.15, 0.2) is 18.7 Å². The molecule has 0 aromatic carbocycles. The molecule has 134 valence electrons. The summed E-state index contributed by atoms with van der Waals surface area (Å²) in [6.07, 6.45) is 6.26. The molecule has 0 radical (unpaired) electrons. The van der Waals surface area contributed by atoms with Crippen LogP contribution in [0.3, 0.4) is 0 Å². The molecule has 25 heavy (non-hydrogen) atoms. The van der Waals surface area contributed by atoms with E-state index in [1.807, 2.05) is 25.8 Å². The monoisotopic (exact) mass is 346 g/mol. The number of likely N-dealkylation sites (tertiary alicyclic amines) is 1. The van der Waals surface area contributed by atoms with Crippen LogP contribution in [0.2, 0.25) is 0 Å². The average Bonchev–Trinajstić information content (AvgIpc) is 3.15. The van der Waals surface area contributed by atoms with Crippen molar-refractivity contribution in [1.82, 2.24) is 25.1 Å². The van der Waals surface area contributed by atoms with Gasteiger partial charge in [-0.1, -0.05) is 13.8 Å². The summed E-state index contributed by atoms with van der Waals surface area (Å²) >= 11 is 0. The Kier molecular flexibility index (Phi) is 4.96. The molecule has 3 rings (SSSR count). The lowest BCUT2D eigenvalue weighted by Crippen LogP contribution is -2.49. The van der Waals surface area contributed by atoms with Crippen LogP contribution in [-0.2, 0) is 0 Å². The standard InChI is InChI=1S/C17H23FN6O/c1-11(2)15-14(18)16(20-10-19-15)23(3)13-5-4-6-24(9-13)17(25)12-7-21-22-8-12/h7-8,10-11,13H,4-6,9H2,1-3H3,(H,21,22). The molecule has 2 aromatic rings. The highest BCUT2D eigenvalue weighted by atomic mass is 19.1. The van der Waals surface area contributed by atoms with Crippen molar-refractivity contribution < 1.29 is 9.18 Å². The van der Waals surface area contributed by atoms with Crippen LogP contribution in [0.25, 0.3) is 0 Å². The number of rotatable bonds is 4. The first-order valence-corrected chi connectivity index (χ1v) is 8.50. The number of aromatic amines is 1. The maximum Gasteiger partial charge on any atom is 0.257 e. The van der Waals surface area contributed by atoms with Crippen LogP contribution in [0.4, 0.5) is 10.2 Å². The van der Waals surface area contributed by atoms with Crippen LogP contribution < -0.4 is 4.90 Å².